The Kier molecular flexibility index (Phi) is 19.3. The molecule has 8 nitrogen and oxygen atoms in total. The largest absolute Gasteiger partial charge is 0.465 e. The summed E-state index contributed by atoms with van der Waals surface area (Å²) >= 11 is 45.7. The number of halogens is 5. The summed E-state index contributed by atoms with van der Waals surface area (Å²) in [7, 11) is 0. The molecule has 0 saturated carbocycles. The third kappa shape index (κ3) is 12.6. The SMILES string of the molecule is CC(=C(Cl)C1=CCCOC(=O)CCC(C(Cl)=C(C)c2csc(C)n2)(C(Cl)=C(C)c2csc(C)n2)C(=O)C(C(Cl)=C(C)c2csc(C)n2)CC(C(Cl)=C(C)c2csc(C)n2)CCC1)c1csc(C)n1. The van der Waals surface area contributed by atoms with E-state index in [2.05, 4.69) is 0 Å². The predicted octanol–water partition coefficient (Wildman–Crippen LogP) is 17.2. The smallest absolute Gasteiger partial charge is 0.305 e. The molecule has 0 fully saturated rings. The summed E-state index contributed by atoms with van der Waals surface area (Å²) in [4.78, 5) is 54.6. The van der Waals surface area contributed by atoms with Gasteiger partial charge in [-0.1, -0.05) is 64.1 Å². The minimum atomic E-state index is -1.84. The molecule has 362 valence electrons. The Morgan fingerprint density at radius 3 is 1.43 bits per heavy atom. The van der Waals surface area contributed by atoms with Crippen LogP contribution in [-0.2, 0) is 14.3 Å². The van der Waals surface area contributed by atoms with Crippen molar-refractivity contribution in [3.8, 4) is 0 Å². The first-order valence-electron chi connectivity index (χ1n) is 22.1. The highest BCUT2D eigenvalue weighted by Crippen LogP contribution is 2.54. The van der Waals surface area contributed by atoms with Crippen LogP contribution in [0.1, 0.15) is 133 Å². The van der Waals surface area contributed by atoms with Crippen molar-refractivity contribution in [2.75, 3.05) is 6.61 Å². The summed E-state index contributed by atoms with van der Waals surface area (Å²) in [5.41, 5.74) is 5.80. The van der Waals surface area contributed by atoms with Gasteiger partial charge in [0.05, 0.1) is 66.0 Å². The lowest BCUT2D eigenvalue weighted by molar-refractivity contribution is -0.144. The molecule has 0 aliphatic carbocycles. The van der Waals surface area contributed by atoms with E-state index in [-0.39, 0.29) is 41.0 Å². The number of carbonyl (C=O) groups is 2. The van der Waals surface area contributed by atoms with Crippen LogP contribution in [0.3, 0.4) is 0 Å². The van der Waals surface area contributed by atoms with Crippen molar-refractivity contribution in [2.45, 2.75) is 114 Å². The van der Waals surface area contributed by atoms with Gasteiger partial charge in [-0.15, -0.1) is 56.7 Å². The number of aryl methyl sites for hydroxylation is 5. The Morgan fingerprint density at radius 2 is 1.00 bits per heavy atom. The molecular weight excluding hydrogens is 1060 g/mol. The molecular formula is C50H54Cl5N5O3S5. The molecule has 0 N–H and O–H groups in total. The number of nitrogens with zero attached hydrogens (tertiary/aromatic N) is 5. The van der Waals surface area contributed by atoms with E-state index in [9.17, 15) is 4.79 Å². The van der Waals surface area contributed by atoms with Crippen LogP contribution in [0.4, 0.5) is 0 Å². The number of ether oxygens (including phenoxy) is 1. The van der Waals surface area contributed by atoms with Crippen LogP contribution in [0.2, 0.25) is 0 Å². The fraction of sp³-hybridized carbons (Fsp3) is 0.420. The average Bonchev–Trinajstić information content (AvgIpc) is 4.19. The van der Waals surface area contributed by atoms with Crippen molar-refractivity contribution in [1.82, 2.24) is 24.9 Å². The third-order valence-corrected chi connectivity index (χ3v) is 18.9. The van der Waals surface area contributed by atoms with Crippen molar-refractivity contribution < 1.29 is 14.3 Å². The zero-order valence-corrected chi connectivity index (χ0v) is 47.5. The number of ketones is 1. The highest BCUT2D eigenvalue weighted by Gasteiger charge is 2.51. The van der Waals surface area contributed by atoms with Crippen molar-refractivity contribution >= 4 is 154 Å². The lowest BCUT2D eigenvalue weighted by atomic mass is 9.69. The first-order chi connectivity index (χ1) is 32.2. The first-order valence-corrected chi connectivity index (χ1v) is 28.4. The lowest BCUT2D eigenvalue weighted by Gasteiger charge is -2.38. The van der Waals surface area contributed by atoms with E-state index in [0.717, 1.165) is 53.1 Å². The molecule has 0 amide bonds. The molecule has 68 heavy (non-hydrogen) atoms. The maximum atomic E-state index is 16.7. The van der Waals surface area contributed by atoms with Gasteiger partial charge in [-0.3, -0.25) is 9.59 Å². The number of hydrogen-bond acceptors (Lipinski definition) is 13. The molecule has 0 spiro atoms. The standard InChI is InChI=1S/C50H54Cl5N5O3S5/c1-25(38-20-64-30(6)56-38)44(51)35-13-11-14-36(45(52)26(2)39-21-65-31(7)57-39)19-37(46(53)27(3)40-22-66-32(8)58-40)49(62)50(17-16-43(61)63-18-12-15-35,47(54)28(4)41-23-67-33(9)59-41)48(55)29(5)42-24-68-34(10)60-42/h15,20-24,36-37H,11-14,16-19H2,1-10H3. The predicted molar refractivity (Wildman–Crippen MR) is 292 cm³/mol. The van der Waals surface area contributed by atoms with E-state index in [1.54, 1.807) is 11.3 Å². The van der Waals surface area contributed by atoms with Crippen LogP contribution in [0.5, 0.6) is 0 Å². The lowest BCUT2D eigenvalue weighted by Crippen LogP contribution is -2.40. The molecule has 0 radical (unpaired) electrons. The van der Waals surface area contributed by atoms with Gasteiger partial charge < -0.3 is 4.74 Å². The van der Waals surface area contributed by atoms with Crippen molar-refractivity contribution in [3.05, 3.63) is 117 Å². The number of cyclic esters (lactones) is 1. The molecule has 1 aliphatic heterocycles. The first kappa shape index (κ1) is 54.5. The number of Topliss-reactive ketones (excluding diaryl/α,β-unsaturated/α-hetero) is 1. The van der Waals surface area contributed by atoms with E-state index in [1.165, 1.54) is 45.3 Å². The van der Waals surface area contributed by atoms with Crippen LogP contribution in [0.25, 0.3) is 27.9 Å². The molecule has 0 aromatic carbocycles. The molecule has 6 rings (SSSR count). The molecule has 0 bridgehead atoms. The molecule has 18 heteroatoms. The monoisotopic (exact) mass is 1110 g/mol. The van der Waals surface area contributed by atoms with Crippen LogP contribution in [-0.4, -0.2) is 43.3 Å². The summed E-state index contributed by atoms with van der Waals surface area (Å²) in [5.74, 6) is -2.43. The van der Waals surface area contributed by atoms with Crippen molar-refractivity contribution in [1.29, 1.82) is 0 Å². The normalized spacial score (nSPS) is 21.3. The minimum Gasteiger partial charge on any atom is -0.465 e. The van der Waals surface area contributed by atoms with Gasteiger partial charge >= 0.3 is 5.97 Å². The molecule has 6 heterocycles. The fourth-order valence-electron chi connectivity index (χ4n) is 8.23. The highest BCUT2D eigenvalue weighted by molar-refractivity contribution is 7.10. The zero-order valence-electron chi connectivity index (χ0n) is 39.7. The zero-order chi connectivity index (χ0) is 49.6. The summed E-state index contributed by atoms with van der Waals surface area (Å²) in [5, 5.41) is 15.7. The number of rotatable bonds is 10. The maximum Gasteiger partial charge on any atom is 0.305 e. The van der Waals surface area contributed by atoms with E-state index < -0.39 is 29.0 Å². The second-order valence-corrected chi connectivity index (χ2v) is 24.2. The van der Waals surface area contributed by atoms with Crippen molar-refractivity contribution in [2.24, 2.45) is 17.3 Å². The van der Waals surface area contributed by atoms with Gasteiger partial charge in [-0.25, -0.2) is 24.9 Å². The van der Waals surface area contributed by atoms with E-state index in [0.29, 0.717) is 69.5 Å². The number of thiazole rings is 5. The molecule has 2 unspecified atom stereocenters. The topological polar surface area (TPSA) is 108 Å². The Bertz CT molecular complexity index is 2810. The minimum absolute atomic E-state index is 0.0800. The summed E-state index contributed by atoms with van der Waals surface area (Å²) in [6, 6.07) is 0. The van der Waals surface area contributed by atoms with Gasteiger partial charge in [-0.2, -0.15) is 0 Å². The fourth-order valence-corrected chi connectivity index (χ4v) is 13.2. The van der Waals surface area contributed by atoms with Gasteiger partial charge in [0.15, 0.2) is 5.78 Å². The Labute approximate surface area is 445 Å². The second kappa shape index (κ2) is 24.1. The van der Waals surface area contributed by atoms with Crippen LogP contribution in [0.15, 0.2) is 63.7 Å². The molecule has 2 atom stereocenters. The molecule has 1 aliphatic rings. The number of carbonyl (C=O) groups excluding carboxylic acids is 2. The average molecular weight is 1110 g/mol. The maximum absolute atomic E-state index is 16.7. The molecule has 5 aromatic heterocycles. The van der Waals surface area contributed by atoms with Gasteiger partial charge in [0.25, 0.3) is 0 Å². The van der Waals surface area contributed by atoms with Gasteiger partial charge in [0.1, 0.15) is 5.41 Å². The van der Waals surface area contributed by atoms with Crippen molar-refractivity contribution in [3.63, 3.8) is 0 Å². The second-order valence-electron chi connectivity index (χ2n) is 16.9. The van der Waals surface area contributed by atoms with Gasteiger partial charge in [-0.05, 0) is 141 Å². The molecule has 5 aromatic rings. The molecule has 0 saturated heterocycles. The quantitative estimate of drug-likeness (QED) is 0.127. The number of allylic oxidation sites excluding steroid dienone is 11. The third-order valence-electron chi connectivity index (χ3n) is 12.1. The number of hydrogen-bond donors (Lipinski definition) is 0. The van der Waals surface area contributed by atoms with Crippen LogP contribution < -0.4 is 0 Å². The van der Waals surface area contributed by atoms with E-state index >= 15 is 4.79 Å². The summed E-state index contributed by atoms with van der Waals surface area (Å²) in [6.45, 7) is 19.2. The highest BCUT2D eigenvalue weighted by atomic mass is 35.5. The van der Waals surface area contributed by atoms with E-state index in [4.69, 9.17) is 87.7 Å². The number of aromatic nitrogens is 5. The van der Waals surface area contributed by atoms with Crippen LogP contribution >= 0.6 is 115 Å². The number of esters is 1. The van der Waals surface area contributed by atoms with Gasteiger partial charge in [0.2, 0.25) is 0 Å². The summed E-state index contributed by atoms with van der Waals surface area (Å²) in [6.07, 6.45) is 3.96. The Balaban J connectivity index is 1.63. The Hall–Kier alpha value is -2.82. The van der Waals surface area contributed by atoms with E-state index in [1.807, 2.05) is 102 Å². The summed E-state index contributed by atoms with van der Waals surface area (Å²) < 4.78 is 5.92. The van der Waals surface area contributed by atoms with Crippen LogP contribution in [0, 0.1) is 51.9 Å². The Morgan fingerprint density at radius 1 is 0.588 bits per heavy atom. The van der Waals surface area contributed by atoms with Gasteiger partial charge in [0, 0.05) is 64.9 Å².